The third-order valence-electron chi connectivity index (χ3n) is 4.27. The van der Waals surface area contributed by atoms with Gasteiger partial charge >= 0.3 is 5.69 Å². The number of hydrogen-bond acceptors (Lipinski definition) is 5. The first-order valence-corrected chi connectivity index (χ1v) is 8.81. The third kappa shape index (κ3) is 3.19. The minimum absolute atomic E-state index is 0.0709. The number of nitrogens with one attached hydrogen (secondary N) is 1. The summed E-state index contributed by atoms with van der Waals surface area (Å²) in [4.78, 5) is 41.8. The molecule has 128 valence electrons. The minimum atomic E-state index is -0.514. The van der Waals surface area contributed by atoms with Gasteiger partial charge in [0.05, 0.1) is 10.7 Å². The number of aromatic nitrogens is 3. The lowest BCUT2D eigenvalue weighted by molar-refractivity contribution is 0.0944. The van der Waals surface area contributed by atoms with Crippen molar-refractivity contribution < 1.29 is 4.79 Å². The van der Waals surface area contributed by atoms with Crippen molar-refractivity contribution in [3.8, 4) is 0 Å². The van der Waals surface area contributed by atoms with E-state index < -0.39 is 17.2 Å². The van der Waals surface area contributed by atoms with E-state index in [1.54, 1.807) is 11.3 Å². The maximum absolute atomic E-state index is 12.2. The summed E-state index contributed by atoms with van der Waals surface area (Å²) < 4.78 is 2.15. The van der Waals surface area contributed by atoms with Crippen molar-refractivity contribution in [2.24, 2.45) is 14.1 Å². The monoisotopic (exact) mass is 348 g/mol. The third-order valence-corrected chi connectivity index (χ3v) is 5.49. The molecule has 0 aromatic carbocycles. The molecule has 1 amide bonds. The number of aryl methyl sites for hydroxylation is 2. The Bertz CT molecular complexity index is 870. The highest BCUT2D eigenvalue weighted by atomic mass is 32.1. The van der Waals surface area contributed by atoms with E-state index in [2.05, 4.69) is 10.3 Å². The number of thiazole rings is 1. The van der Waals surface area contributed by atoms with E-state index in [-0.39, 0.29) is 5.69 Å². The second-order valence-corrected chi connectivity index (χ2v) is 7.13. The number of rotatable bonds is 4. The van der Waals surface area contributed by atoms with Crippen LogP contribution in [0.2, 0.25) is 0 Å². The minimum Gasteiger partial charge on any atom is -0.350 e. The van der Waals surface area contributed by atoms with E-state index in [4.69, 9.17) is 0 Å². The SMILES string of the molecule is Cn1c(C(=O)NCCc2nc3c(s2)CCCC3)cc(=O)n(C)c1=O. The molecule has 1 N–H and O–H groups in total. The van der Waals surface area contributed by atoms with Gasteiger partial charge in [-0.15, -0.1) is 11.3 Å². The Balaban J connectivity index is 1.65. The van der Waals surface area contributed by atoms with Gasteiger partial charge in [-0.25, -0.2) is 9.78 Å². The molecule has 2 aromatic heterocycles. The van der Waals surface area contributed by atoms with Gasteiger partial charge in [-0.05, 0) is 25.7 Å². The molecule has 0 radical (unpaired) electrons. The first-order chi connectivity index (χ1) is 11.5. The van der Waals surface area contributed by atoms with Crippen molar-refractivity contribution in [1.29, 1.82) is 0 Å². The molecule has 24 heavy (non-hydrogen) atoms. The van der Waals surface area contributed by atoms with Crippen LogP contribution in [-0.2, 0) is 33.4 Å². The van der Waals surface area contributed by atoms with Gasteiger partial charge in [-0.3, -0.25) is 18.7 Å². The van der Waals surface area contributed by atoms with E-state index in [0.29, 0.717) is 13.0 Å². The number of fused-ring (bicyclic) bond motifs is 1. The van der Waals surface area contributed by atoms with Gasteiger partial charge in [-0.2, -0.15) is 0 Å². The van der Waals surface area contributed by atoms with Crippen molar-refractivity contribution in [3.05, 3.63) is 48.2 Å². The second kappa shape index (κ2) is 6.72. The number of carbonyl (C=O) groups is 1. The fourth-order valence-corrected chi connectivity index (χ4v) is 3.99. The molecule has 3 rings (SSSR count). The normalized spacial score (nSPS) is 13.6. The standard InChI is InChI=1S/C16H20N4O3S/c1-19-11(9-14(21)20(2)16(19)23)15(22)17-8-7-13-18-10-5-3-4-6-12(10)24-13/h9H,3-8H2,1-2H3,(H,17,22). The van der Waals surface area contributed by atoms with E-state index in [0.717, 1.165) is 22.4 Å². The molecule has 0 atom stereocenters. The van der Waals surface area contributed by atoms with Crippen LogP contribution in [0.25, 0.3) is 0 Å². The van der Waals surface area contributed by atoms with Crippen LogP contribution in [0.4, 0.5) is 0 Å². The van der Waals surface area contributed by atoms with Gasteiger partial charge in [0.1, 0.15) is 5.69 Å². The number of carbonyl (C=O) groups excluding carboxylic acids is 1. The van der Waals surface area contributed by atoms with Gasteiger partial charge < -0.3 is 5.32 Å². The van der Waals surface area contributed by atoms with Crippen LogP contribution in [0.5, 0.6) is 0 Å². The summed E-state index contributed by atoms with van der Waals surface area (Å²) in [5, 5.41) is 3.79. The maximum Gasteiger partial charge on any atom is 0.331 e. The van der Waals surface area contributed by atoms with Crippen LogP contribution in [0.15, 0.2) is 15.7 Å². The Morgan fingerprint density at radius 2 is 2.00 bits per heavy atom. The molecular formula is C16H20N4O3S. The summed E-state index contributed by atoms with van der Waals surface area (Å²) in [6, 6.07) is 1.18. The quantitative estimate of drug-likeness (QED) is 0.866. The van der Waals surface area contributed by atoms with Gasteiger partial charge in [-0.1, -0.05) is 0 Å². The van der Waals surface area contributed by atoms with Crippen LogP contribution in [0.1, 0.15) is 38.9 Å². The Morgan fingerprint density at radius 3 is 2.75 bits per heavy atom. The molecular weight excluding hydrogens is 328 g/mol. The van der Waals surface area contributed by atoms with Crippen LogP contribution >= 0.6 is 11.3 Å². The zero-order valence-corrected chi connectivity index (χ0v) is 14.6. The van der Waals surface area contributed by atoms with Gasteiger partial charge in [0.15, 0.2) is 0 Å². The highest BCUT2D eigenvalue weighted by molar-refractivity contribution is 7.11. The summed E-state index contributed by atoms with van der Waals surface area (Å²) in [6.07, 6.45) is 5.23. The summed E-state index contributed by atoms with van der Waals surface area (Å²) in [5.41, 5.74) is 0.277. The fraction of sp³-hybridized carbons (Fsp3) is 0.500. The molecule has 1 aliphatic carbocycles. The zero-order valence-electron chi connectivity index (χ0n) is 13.8. The lowest BCUT2D eigenvalue weighted by atomic mass is 10.0. The molecule has 8 heteroatoms. The van der Waals surface area contributed by atoms with Crippen molar-refractivity contribution in [2.45, 2.75) is 32.1 Å². The van der Waals surface area contributed by atoms with Crippen molar-refractivity contribution in [1.82, 2.24) is 19.4 Å². The number of hydrogen-bond donors (Lipinski definition) is 1. The maximum atomic E-state index is 12.2. The van der Waals surface area contributed by atoms with Gasteiger partial charge in [0.2, 0.25) is 0 Å². The van der Waals surface area contributed by atoms with E-state index in [1.807, 2.05) is 0 Å². The van der Waals surface area contributed by atoms with Gasteiger partial charge in [0.25, 0.3) is 11.5 Å². The highest BCUT2D eigenvalue weighted by Gasteiger charge is 2.16. The lowest BCUT2D eigenvalue weighted by Crippen LogP contribution is -2.41. The predicted molar refractivity (Wildman–Crippen MR) is 91.7 cm³/mol. The van der Waals surface area contributed by atoms with Crippen LogP contribution in [-0.4, -0.2) is 26.6 Å². The van der Waals surface area contributed by atoms with Crippen LogP contribution < -0.4 is 16.6 Å². The smallest absolute Gasteiger partial charge is 0.331 e. The van der Waals surface area contributed by atoms with E-state index in [1.165, 1.54) is 48.1 Å². The summed E-state index contributed by atoms with van der Waals surface area (Å²) in [6.45, 7) is 0.425. The lowest BCUT2D eigenvalue weighted by Gasteiger charge is -2.09. The summed E-state index contributed by atoms with van der Waals surface area (Å²) in [5.74, 6) is -0.423. The van der Waals surface area contributed by atoms with Gasteiger partial charge in [0, 0.05) is 38.0 Å². The molecule has 0 spiro atoms. The molecule has 0 bridgehead atoms. The number of amides is 1. The molecule has 1 aliphatic rings. The molecule has 0 saturated carbocycles. The topological polar surface area (TPSA) is 86.0 Å². The Hall–Kier alpha value is -2.22. The Labute approximate surface area is 143 Å². The first kappa shape index (κ1) is 16.6. The van der Waals surface area contributed by atoms with Crippen molar-refractivity contribution in [3.63, 3.8) is 0 Å². The average molecular weight is 348 g/mol. The highest BCUT2D eigenvalue weighted by Crippen LogP contribution is 2.26. The fourth-order valence-electron chi connectivity index (χ4n) is 2.84. The molecule has 2 heterocycles. The predicted octanol–water partition coefficient (Wildman–Crippen LogP) is 0.392. The molecule has 7 nitrogen and oxygen atoms in total. The van der Waals surface area contributed by atoms with Crippen LogP contribution in [0.3, 0.4) is 0 Å². The van der Waals surface area contributed by atoms with Crippen molar-refractivity contribution in [2.75, 3.05) is 6.54 Å². The Kier molecular flexibility index (Phi) is 4.66. The van der Waals surface area contributed by atoms with Crippen LogP contribution in [0, 0.1) is 0 Å². The Morgan fingerprint density at radius 1 is 1.25 bits per heavy atom. The van der Waals surface area contributed by atoms with E-state index >= 15 is 0 Å². The summed E-state index contributed by atoms with van der Waals surface area (Å²) >= 11 is 1.72. The number of nitrogens with zero attached hydrogens (tertiary/aromatic N) is 3. The second-order valence-electron chi connectivity index (χ2n) is 5.96. The molecule has 0 aliphatic heterocycles. The molecule has 0 unspecified atom stereocenters. The molecule has 0 fully saturated rings. The van der Waals surface area contributed by atoms with Crippen molar-refractivity contribution >= 4 is 17.2 Å². The first-order valence-electron chi connectivity index (χ1n) is 8.00. The summed E-state index contributed by atoms with van der Waals surface area (Å²) in [7, 11) is 2.86. The molecule has 2 aromatic rings. The van der Waals surface area contributed by atoms with E-state index in [9.17, 15) is 14.4 Å². The average Bonchev–Trinajstić information content (AvgIpc) is 2.98. The largest absolute Gasteiger partial charge is 0.350 e. The zero-order chi connectivity index (χ0) is 17.3. The molecule has 0 saturated heterocycles.